The van der Waals surface area contributed by atoms with Gasteiger partial charge >= 0.3 is 6.03 Å². The number of aryl methyl sites for hydroxylation is 1. The summed E-state index contributed by atoms with van der Waals surface area (Å²) in [4.78, 5) is 24.4. The van der Waals surface area contributed by atoms with Crippen molar-refractivity contribution >= 4 is 11.9 Å². The number of aliphatic hydroxyl groups excluding tert-OH is 1. The van der Waals surface area contributed by atoms with Gasteiger partial charge in [0.25, 0.3) is 0 Å². The molecular weight excluding hydrogens is 384 g/mol. The molecule has 3 rings (SSSR count). The first-order chi connectivity index (χ1) is 14.3. The lowest BCUT2D eigenvalue weighted by Crippen LogP contribution is -2.61. The van der Waals surface area contributed by atoms with Gasteiger partial charge < -0.3 is 21.5 Å². The fourth-order valence-electron chi connectivity index (χ4n) is 3.88. The first-order valence-electron chi connectivity index (χ1n) is 10.3. The summed E-state index contributed by atoms with van der Waals surface area (Å²) in [6, 6.07) is 6.56. The van der Waals surface area contributed by atoms with E-state index in [-0.39, 0.29) is 12.5 Å². The molecule has 1 aliphatic rings. The highest BCUT2D eigenvalue weighted by Gasteiger charge is 2.41. The molecule has 1 saturated carbocycles. The molecule has 1 aromatic carbocycles. The SMILES string of the molecule is Cc1ccc([C@H](O)Cn2cc(C(C)NC(=O)C3(NC(N)=O)CCCCC3)nn2)cc1. The Labute approximate surface area is 176 Å². The van der Waals surface area contributed by atoms with Crippen LogP contribution < -0.4 is 16.4 Å². The maximum absolute atomic E-state index is 13.0. The van der Waals surface area contributed by atoms with E-state index >= 15 is 0 Å². The topological polar surface area (TPSA) is 135 Å². The minimum absolute atomic E-state index is 0.254. The molecule has 5 N–H and O–H groups in total. The molecule has 0 spiro atoms. The van der Waals surface area contributed by atoms with E-state index in [4.69, 9.17) is 5.73 Å². The van der Waals surface area contributed by atoms with Crippen molar-refractivity contribution in [1.82, 2.24) is 25.6 Å². The van der Waals surface area contributed by atoms with Crippen molar-refractivity contribution < 1.29 is 14.7 Å². The summed E-state index contributed by atoms with van der Waals surface area (Å²) in [7, 11) is 0. The molecule has 1 aromatic heterocycles. The van der Waals surface area contributed by atoms with E-state index in [1.165, 1.54) is 0 Å². The van der Waals surface area contributed by atoms with E-state index in [1.807, 2.05) is 38.1 Å². The average molecular weight is 415 g/mol. The van der Waals surface area contributed by atoms with Crippen LogP contribution in [0.5, 0.6) is 0 Å². The number of rotatable bonds is 7. The Balaban J connectivity index is 1.63. The molecule has 1 unspecified atom stereocenters. The third kappa shape index (κ3) is 5.15. The van der Waals surface area contributed by atoms with Gasteiger partial charge in [-0.2, -0.15) is 0 Å². The molecule has 9 nitrogen and oxygen atoms in total. The van der Waals surface area contributed by atoms with Gasteiger partial charge in [0.2, 0.25) is 5.91 Å². The minimum atomic E-state index is -0.976. The van der Waals surface area contributed by atoms with Gasteiger partial charge in [-0.15, -0.1) is 5.10 Å². The molecule has 9 heteroatoms. The summed E-state index contributed by atoms with van der Waals surface area (Å²) in [5.74, 6) is -0.261. The predicted molar refractivity (Wildman–Crippen MR) is 111 cm³/mol. The third-order valence-corrected chi connectivity index (χ3v) is 5.67. The van der Waals surface area contributed by atoms with Gasteiger partial charge in [-0.25, -0.2) is 9.48 Å². The zero-order chi connectivity index (χ0) is 21.7. The van der Waals surface area contributed by atoms with Crippen LogP contribution in [0.25, 0.3) is 0 Å². The molecule has 1 heterocycles. The van der Waals surface area contributed by atoms with Crippen molar-refractivity contribution in [2.45, 2.75) is 70.2 Å². The van der Waals surface area contributed by atoms with Crippen molar-refractivity contribution in [2.75, 3.05) is 0 Å². The molecule has 0 bridgehead atoms. The van der Waals surface area contributed by atoms with Crippen molar-refractivity contribution in [3.8, 4) is 0 Å². The van der Waals surface area contributed by atoms with Crippen LogP contribution in [0.4, 0.5) is 4.79 Å². The summed E-state index contributed by atoms with van der Waals surface area (Å²) in [6.45, 7) is 4.05. The quantitative estimate of drug-likeness (QED) is 0.548. The predicted octanol–water partition coefficient (Wildman–Crippen LogP) is 1.87. The Morgan fingerprint density at radius 2 is 1.90 bits per heavy atom. The largest absolute Gasteiger partial charge is 0.386 e. The zero-order valence-electron chi connectivity index (χ0n) is 17.5. The number of carbonyl (C=O) groups is 2. The van der Waals surface area contributed by atoms with Crippen LogP contribution in [0.1, 0.15) is 68.0 Å². The minimum Gasteiger partial charge on any atom is -0.386 e. The lowest BCUT2D eigenvalue weighted by Gasteiger charge is -2.36. The lowest BCUT2D eigenvalue weighted by molar-refractivity contribution is -0.129. The molecule has 1 fully saturated rings. The maximum atomic E-state index is 13.0. The van der Waals surface area contributed by atoms with Crippen molar-refractivity contribution in [2.24, 2.45) is 5.73 Å². The van der Waals surface area contributed by atoms with Crippen LogP contribution in [-0.4, -0.2) is 37.6 Å². The second-order valence-electron chi connectivity index (χ2n) is 8.12. The number of hydrogen-bond acceptors (Lipinski definition) is 5. The van der Waals surface area contributed by atoms with Crippen LogP contribution in [-0.2, 0) is 11.3 Å². The number of hydrogen-bond donors (Lipinski definition) is 4. The van der Waals surface area contributed by atoms with E-state index in [9.17, 15) is 14.7 Å². The number of nitrogens with two attached hydrogens (primary N) is 1. The van der Waals surface area contributed by atoms with Crippen LogP contribution in [0.3, 0.4) is 0 Å². The normalized spacial score (nSPS) is 17.7. The van der Waals surface area contributed by atoms with Gasteiger partial charge in [0.05, 0.1) is 24.9 Å². The monoisotopic (exact) mass is 414 g/mol. The Morgan fingerprint density at radius 1 is 1.23 bits per heavy atom. The van der Waals surface area contributed by atoms with E-state index in [2.05, 4.69) is 20.9 Å². The number of amides is 3. The van der Waals surface area contributed by atoms with E-state index in [0.29, 0.717) is 18.5 Å². The van der Waals surface area contributed by atoms with Gasteiger partial charge in [0, 0.05) is 0 Å². The number of nitrogens with zero attached hydrogens (tertiary/aromatic N) is 3. The summed E-state index contributed by atoms with van der Waals surface area (Å²) in [5, 5.41) is 24.2. The second kappa shape index (κ2) is 9.25. The maximum Gasteiger partial charge on any atom is 0.313 e. The van der Waals surface area contributed by atoms with Crippen molar-refractivity contribution in [1.29, 1.82) is 0 Å². The highest BCUT2D eigenvalue weighted by Crippen LogP contribution is 2.29. The Bertz CT molecular complexity index is 873. The number of carbonyl (C=O) groups excluding carboxylic acids is 2. The summed E-state index contributed by atoms with van der Waals surface area (Å²) >= 11 is 0. The fraction of sp³-hybridized carbons (Fsp3) is 0.524. The second-order valence-corrected chi connectivity index (χ2v) is 8.12. The fourth-order valence-corrected chi connectivity index (χ4v) is 3.88. The van der Waals surface area contributed by atoms with E-state index in [1.54, 1.807) is 10.9 Å². The van der Waals surface area contributed by atoms with Crippen molar-refractivity contribution in [3.63, 3.8) is 0 Å². The zero-order valence-corrected chi connectivity index (χ0v) is 17.5. The Morgan fingerprint density at radius 3 is 2.53 bits per heavy atom. The van der Waals surface area contributed by atoms with Crippen LogP contribution in [0.15, 0.2) is 30.5 Å². The van der Waals surface area contributed by atoms with Crippen LogP contribution in [0, 0.1) is 6.92 Å². The highest BCUT2D eigenvalue weighted by molar-refractivity contribution is 5.91. The Kier molecular flexibility index (Phi) is 6.71. The lowest BCUT2D eigenvalue weighted by atomic mass is 9.80. The molecule has 0 radical (unpaired) electrons. The smallest absolute Gasteiger partial charge is 0.313 e. The number of aliphatic hydroxyl groups is 1. The number of urea groups is 1. The number of aromatic nitrogens is 3. The summed E-state index contributed by atoms with van der Waals surface area (Å²) in [5.41, 5.74) is 6.84. The molecule has 2 atom stereocenters. The molecule has 0 aliphatic heterocycles. The highest BCUT2D eigenvalue weighted by atomic mass is 16.3. The average Bonchev–Trinajstić information content (AvgIpc) is 3.17. The van der Waals surface area contributed by atoms with E-state index in [0.717, 1.165) is 30.4 Å². The van der Waals surface area contributed by atoms with Crippen molar-refractivity contribution in [3.05, 3.63) is 47.3 Å². The third-order valence-electron chi connectivity index (χ3n) is 5.67. The number of nitrogens with one attached hydrogen (secondary N) is 2. The van der Waals surface area contributed by atoms with Gasteiger partial charge in [-0.3, -0.25) is 4.79 Å². The van der Waals surface area contributed by atoms with Gasteiger partial charge in [-0.05, 0) is 32.3 Å². The molecule has 0 saturated heterocycles. The molecule has 2 aromatic rings. The molecule has 162 valence electrons. The standard InChI is InChI=1S/C21H30N6O3/c1-14-6-8-16(9-7-14)18(28)13-27-12-17(25-26-27)15(2)23-19(29)21(24-20(22)30)10-4-3-5-11-21/h6-9,12,15,18,28H,3-5,10-11,13H2,1-2H3,(H,23,29)(H3,22,24,30)/t15?,18-/m1/s1. The van der Waals surface area contributed by atoms with Crippen LogP contribution >= 0.6 is 0 Å². The molecular formula is C21H30N6O3. The van der Waals surface area contributed by atoms with E-state index < -0.39 is 23.7 Å². The number of primary amides is 1. The molecule has 30 heavy (non-hydrogen) atoms. The first kappa shape index (κ1) is 21.8. The van der Waals surface area contributed by atoms with Gasteiger partial charge in [0.15, 0.2) is 0 Å². The first-order valence-corrected chi connectivity index (χ1v) is 10.3. The molecule has 1 aliphatic carbocycles. The van der Waals surface area contributed by atoms with Gasteiger partial charge in [0.1, 0.15) is 11.2 Å². The summed E-state index contributed by atoms with van der Waals surface area (Å²) < 4.78 is 1.56. The van der Waals surface area contributed by atoms with Crippen LogP contribution in [0.2, 0.25) is 0 Å². The number of benzene rings is 1. The summed E-state index contributed by atoms with van der Waals surface area (Å²) in [6.07, 6.45) is 4.86. The van der Waals surface area contributed by atoms with Gasteiger partial charge in [-0.1, -0.05) is 54.3 Å². The Hall–Kier alpha value is -2.94. The molecule has 3 amide bonds.